The number of nitrogens with two attached hydrogens (primary N) is 1. The third-order valence-electron chi connectivity index (χ3n) is 3.98. The maximum atomic E-state index is 11.6. The molecule has 140 valence electrons. The molecule has 0 aromatic carbocycles. The van der Waals surface area contributed by atoms with Crippen molar-refractivity contribution in [2.75, 3.05) is 6.26 Å². The van der Waals surface area contributed by atoms with E-state index in [2.05, 4.69) is 25.0 Å². The monoisotopic (exact) mass is 387 g/mol. The van der Waals surface area contributed by atoms with Crippen molar-refractivity contribution in [3.8, 4) is 11.3 Å². The smallest absolute Gasteiger partial charge is 0.269 e. The van der Waals surface area contributed by atoms with E-state index in [4.69, 9.17) is 5.73 Å². The Hall–Kier alpha value is -3.21. The van der Waals surface area contributed by atoms with Crippen LogP contribution in [0.5, 0.6) is 0 Å². The Bertz CT molecular complexity index is 1120. The highest BCUT2D eigenvalue weighted by atomic mass is 32.2. The Morgan fingerprint density at radius 3 is 2.52 bits per heavy atom. The van der Waals surface area contributed by atoms with Crippen LogP contribution in [0.25, 0.3) is 11.3 Å². The lowest BCUT2D eigenvalue weighted by Crippen LogP contribution is -2.15. The third kappa shape index (κ3) is 3.67. The molecule has 0 saturated heterocycles. The maximum absolute atomic E-state index is 11.6. The number of hydrogen-bond acceptors (Lipinski definition) is 8. The molecule has 2 N–H and O–H groups in total. The molecule has 3 aromatic rings. The van der Waals surface area contributed by atoms with Gasteiger partial charge in [0, 0.05) is 47.9 Å². The predicted molar refractivity (Wildman–Crippen MR) is 95.5 cm³/mol. The number of carbonyl (C=O) groups is 1. The van der Waals surface area contributed by atoms with Crippen molar-refractivity contribution in [2.24, 2.45) is 5.73 Å². The van der Waals surface area contributed by atoms with E-state index in [1.165, 1.54) is 18.6 Å². The lowest BCUT2D eigenvalue weighted by Gasteiger charge is -2.14. The normalized spacial score (nSPS) is 12.7. The molecular weight excluding hydrogens is 370 g/mol. The van der Waals surface area contributed by atoms with E-state index in [9.17, 15) is 13.2 Å². The summed E-state index contributed by atoms with van der Waals surface area (Å²) in [7, 11) is -3.48. The second kappa shape index (κ2) is 6.83. The molecule has 3 rings (SSSR count). The van der Waals surface area contributed by atoms with Crippen molar-refractivity contribution >= 4 is 15.7 Å². The molecule has 0 radical (unpaired) electrons. The van der Waals surface area contributed by atoms with Crippen molar-refractivity contribution in [1.29, 1.82) is 0 Å². The fourth-order valence-corrected chi connectivity index (χ4v) is 3.14. The molecular formula is C16H17N7O3S. The lowest BCUT2D eigenvalue weighted by molar-refractivity contribution is 0.0996. The fourth-order valence-electron chi connectivity index (χ4n) is 2.59. The quantitative estimate of drug-likeness (QED) is 0.624. The molecule has 0 aliphatic carbocycles. The average Bonchev–Trinajstić information content (AvgIpc) is 3.10. The number of amides is 1. The van der Waals surface area contributed by atoms with Crippen LogP contribution < -0.4 is 5.73 Å². The molecule has 0 saturated carbocycles. The van der Waals surface area contributed by atoms with Crippen LogP contribution in [0.3, 0.4) is 0 Å². The summed E-state index contributed by atoms with van der Waals surface area (Å²) in [6, 6.07) is -0.277. The van der Waals surface area contributed by atoms with Crippen LogP contribution in [0.1, 0.15) is 34.7 Å². The molecule has 10 nitrogen and oxygen atoms in total. The van der Waals surface area contributed by atoms with Gasteiger partial charge in [0.25, 0.3) is 5.91 Å². The summed E-state index contributed by atoms with van der Waals surface area (Å²) >= 11 is 0. The van der Waals surface area contributed by atoms with Crippen LogP contribution in [0.15, 0.2) is 36.1 Å². The Morgan fingerprint density at radius 2 is 1.89 bits per heavy atom. The first-order valence-electron chi connectivity index (χ1n) is 7.87. The van der Waals surface area contributed by atoms with Gasteiger partial charge in [-0.2, -0.15) is 5.10 Å². The Morgan fingerprint density at radius 1 is 1.19 bits per heavy atom. The van der Waals surface area contributed by atoms with Gasteiger partial charge >= 0.3 is 0 Å². The molecule has 1 amide bonds. The topological polar surface area (TPSA) is 147 Å². The van der Waals surface area contributed by atoms with E-state index in [1.54, 1.807) is 24.0 Å². The van der Waals surface area contributed by atoms with E-state index >= 15 is 0 Å². The van der Waals surface area contributed by atoms with Crippen LogP contribution in [-0.4, -0.2) is 50.3 Å². The van der Waals surface area contributed by atoms with E-state index < -0.39 is 15.7 Å². The minimum atomic E-state index is -3.48. The van der Waals surface area contributed by atoms with Crippen molar-refractivity contribution in [1.82, 2.24) is 29.7 Å². The van der Waals surface area contributed by atoms with Gasteiger partial charge in [0.2, 0.25) is 15.0 Å². The summed E-state index contributed by atoms with van der Waals surface area (Å²) in [6.07, 6.45) is 8.63. The number of rotatable bonds is 5. The highest BCUT2D eigenvalue weighted by Crippen LogP contribution is 2.24. The van der Waals surface area contributed by atoms with Crippen molar-refractivity contribution in [2.45, 2.75) is 25.0 Å². The fraction of sp³-hybridized carbons (Fsp3) is 0.250. The highest BCUT2D eigenvalue weighted by molar-refractivity contribution is 7.90. The van der Waals surface area contributed by atoms with Crippen LogP contribution in [0.2, 0.25) is 0 Å². The molecule has 0 fully saturated rings. The Kier molecular flexibility index (Phi) is 4.70. The summed E-state index contributed by atoms with van der Waals surface area (Å²) < 4.78 is 24.8. The van der Waals surface area contributed by atoms with Crippen molar-refractivity contribution < 1.29 is 13.2 Å². The van der Waals surface area contributed by atoms with Gasteiger partial charge in [-0.3, -0.25) is 14.5 Å². The minimum absolute atomic E-state index is 0.0572. The number of aryl methyl sites for hydroxylation is 1. The molecule has 0 bridgehead atoms. The van der Waals surface area contributed by atoms with Crippen molar-refractivity contribution in [3.05, 3.63) is 47.9 Å². The number of primary amides is 1. The average molecular weight is 387 g/mol. The summed E-state index contributed by atoms with van der Waals surface area (Å²) in [6.45, 7) is 3.58. The molecule has 1 unspecified atom stereocenters. The molecule has 0 aliphatic rings. The van der Waals surface area contributed by atoms with Crippen LogP contribution in [0, 0.1) is 6.92 Å². The zero-order valence-electron chi connectivity index (χ0n) is 14.9. The first-order chi connectivity index (χ1) is 12.7. The van der Waals surface area contributed by atoms with Crippen LogP contribution in [0.4, 0.5) is 0 Å². The minimum Gasteiger partial charge on any atom is -0.364 e. The summed E-state index contributed by atoms with van der Waals surface area (Å²) in [5.74, 6) is -0.681. The number of hydrogen-bond donors (Lipinski definition) is 1. The van der Waals surface area contributed by atoms with Crippen molar-refractivity contribution in [3.63, 3.8) is 0 Å². The lowest BCUT2D eigenvalue weighted by atomic mass is 10.1. The second-order valence-corrected chi connectivity index (χ2v) is 7.88. The second-order valence-electron chi connectivity index (χ2n) is 5.97. The molecule has 0 spiro atoms. The standard InChI is InChI=1S/C16H17N7O3S/c1-9-12(7-20-16(22-9)27(3,25)26)10(2)23-8-11(6-21-23)13-14(15(17)24)19-5-4-18-13/h4-8,10H,1-3H3,(H2,17,24). The van der Waals surface area contributed by atoms with Gasteiger partial charge in [-0.05, 0) is 13.8 Å². The molecule has 3 heterocycles. The molecule has 27 heavy (non-hydrogen) atoms. The van der Waals surface area contributed by atoms with E-state index in [0.29, 0.717) is 22.5 Å². The largest absolute Gasteiger partial charge is 0.364 e. The summed E-state index contributed by atoms with van der Waals surface area (Å²) in [4.78, 5) is 27.7. The Balaban J connectivity index is 1.97. The summed E-state index contributed by atoms with van der Waals surface area (Å²) in [5.41, 5.74) is 7.57. The van der Waals surface area contributed by atoms with E-state index in [-0.39, 0.29) is 16.9 Å². The highest BCUT2D eigenvalue weighted by Gasteiger charge is 2.19. The zero-order chi connectivity index (χ0) is 19.8. The first kappa shape index (κ1) is 18.6. The van der Waals surface area contributed by atoms with Gasteiger partial charge < -0.3 is 5.73 Å². The van der Waals surface area contributed by atoms with Crippen LogP contribution in [-0.2, 0) is 9.84 Å². The Labute approximate surface area is 155 Å². The summed E-state index contributed by atoms with van der Waals surface area (Å²) in [5, 5.41) is 4.08. The SMILES string of the molecule is Cc1nc(S(C)(=O)=O)ncc1C(C)n1cc(-c2nccnc2C(N)=O)cn1. The number of aromatic nitrogens is 6. The number of carbonyl (C=O) groups excluding carboxylic acids is 1. The molecule has 1 atom stereocenters. The number of nitrogens with zero attached hydrogens (tertiary/aromatic N) is 6. The van der Waals surface area contributed by atoms with E-state index in [0.717, 1.165) is 6.26 Å². The van der Waals surface area contributed by atoms with Crippen LogP contribution >= 0.6 is 0 Å². The van der Waals surface area contributed by atoms with Gasteiger partial charge in [-0.25, -0.2) is 23.4 Å². The molecule has 3 aromatic heterocycles. The molecule has 0 aliphatic heterocycles. The number of sulfone groups is 1. The first-order valence-corrected chi connectivity index (χ1v) is 9.76. The van der Waals surface area contributed by atoms with Gasteiger partial charge in [0.1, 0.15) is 5.69 Å². The van der Waals surface area contributed by atoms with Gasteiger partial charge in [-0.15, -0.1) is 0 Å². The maximum Gasteiger partial charge on any atom is 0.269 e. The van der Waals surface area contributed by atoms with Gasteiger partial charge in [-0.1, -0.05) is 0 Å². The molecule has 11 heteroatoms. The third-order valence-corrected chi connectivity index (χ3v) is 4.84. The van der Waals surface area contributed by atoms with E-state index in [1.807, 2.05) is 6.92 Å². The van der Waals surface area contributed by atoms with Gasteiger partial charge in [0.15, 0.2) is 5.69 Å². The predicted octanol–water partition coefficient (Wildman–Crippen LogP) is 0.550. The van der Waals surface area contributed by atoms with Gasteiger partial charge in [0.05, 0.1) is 12.2 Å². The zero-order valence-corrected chi connectivity index (χ0v) is 15.7.